The molecule has 3 atom stereocenters. The maximum Gasteiger partial charge on any atom is 0.304 e. The third kappa shape index (κ3) is 6.76. The lowest BCUT2D eigenvalue weighted by Crippen LogP contribution is -2.71. The van der Waals surface area contributed by atoms with E-state index in [9.17, 15) is 19.2 Å². The van der Waals surface area contributed by atoms with Crippen LogP contribution >= 0.6 is 0 Å². The average molecular weight is 432 g/mol. The lowest BCUT2D eigenvalue weighted by Gasteiger charge is -2.36. The van der Waals surface area contributed by atoms with Crippen molar-refractivity contribution in [2.75, 3.05) is 32.8 Å². The van der Waals surface area contributed by atoms with Crippen molar-refractivity contribution in [3.05, 3.63) is 35.9 Å². The minimum atomic E-state index is -0.986. The predicted octanol–water partition coefficient (Wildman–Crippen LogP) is -1.06. The Kier molecular flexibility index (Phi) is 7.96. The molecule has 3 rings (SSSR count). The van der Waals surface area contributed by atoms with Crippen LogP contribution in [0.25, 0.3) is 0 Å². The van der Waals surface area contributed by atoms with Crippen molar-refractivity contribution < 1.29 is 28.7 Å². The Morgan fingerprint density at radius 1 is 1.23 bits per heavy atom. The number of ether oxygens (including phenoxy) is 2. The number of amides is 3. The zero-order valence-electron chi connectivity index (χ0n) is 17.5. The van der Waals surface area contributed by atoms with Crippen LogP contribution in [-0.2, 0) is 35.1 Å². The fourth-order valence-electron chi connectivity index (χ4n) is 3.44. The third-order valence-electron chi connectivity index (χ3n) is 5.15. The number of nitrogens with zero attached hydrogens (tertiary/aromatic N) is 1. The second-order valence-electron chi connectivity index (χ2n) is 7.54. The van der Waals surface area contributed by atoms with Gasteiger partial charge in [0.25, 0.3) is 5.91 Å². The zero-order chi connectivity index (χ0) is 22.2. The van der Waals surface area contributed by atoms with Gasteiger partial charge in [0.1, 0.15) is 6.04 Å². The van der Waals surface area contributed by atoms with Crippen LogP contribution < -0.4 is 16.0 Å². The number of nitrogens with one attached hydrogen (secondary N) is 3. The number of hydrogen-bond donors (Lipinski definition) is 3. The molecule has 31 heavy (non-hydrogen) atoms. The van der Waals surface area contributed by atoms with Crippen LogP contribution in [0.1, 0.15) is 18.9 Å². The van der Waals surface area contributed by atoms with Gasteiger partial charge >= 0.3 is 5.97 Å². The van der Waals surface area contributed by atoms with Crippen LogP contribution in [0.4, 0.5) is 0 Å². The normalized spacial score (nSPS) is 21.9. The molecule has 2 aliphatic heterocycles. The number of benzene rings is 1. The van der Waals surface area contributed by atoms with E-state index in [0.717, 1.165) is 18.7 Å². The maximum atomic E-state index is 12.9. The number of rotatable bonds is 9. The standard InChI is InChI=1S/C21H28N4O6/c1-14(26)31-21-18(20(29)24-21)23-19(28)16(13-15-5-3-2-4-6-15)22-17(27)7-8-25-9-11-30-12-10-25/h2-6,16,18,21H,7-13H2,1H3,(H,22,27)(H,23,28)(H,24,29)/t16-,18?,21?/m0/s1. The van der Waals surface area contributed by atoms with Crippen LogP contribution in [0.5, 0.6) is 0 Å². The number of β-lactam (4-membered cyclic amide) rings is 1. The fraction of sp³-hybridized carbons (Fsp3) is 0.524. The maximum absolute atomic E-state index is 12.9. The Labute approximate surface area is 180 Å². The Morgan fingerprint density at radius 3 is 2.58 bits per heavy atom. The van der Waals surface area contributed by atoms with Gasteiger partial charge in [-0.05, 0) is 5.56 Å². The molecule has 0 spiro atoms. The number of carbonyl (C=O) groups excluding carboxylic acids is 4. The molecule has 10 nitrogen and oxygen atoms in total. The summed E-state index contributed by atoms with van der Waals surface area (Å²) in [6.07, 6.45) is -0.399. The molecular weight excluding hydrogens is 404 g/mol. The van der Waals surface area contributed by atoms with E-state index in [1.54, 1.807) is 0 Å². The average Bonchev–Trinajstić information content (AvgIpc) is 2.76. The Morgan fingerprint density at radius 2 is 1.94 bits per heavy atom. The van der Waals surface area contributed by atoms with Gasteiger partial charge in [-0.25, -0.2) is 0 Å². The summed E-state index contributed by atoms with van der Waals surface area (Å²) >= 11 is 0. The first-order chi connectivity index (χ1) is 14.9. The zero-order valence-corrected chi connectivity index (χ0v) is 17.5. The van der Waals surface area contributed by atoms with Crippen LogP contribution in [0.15, 0.2) is 30.3 Å². The van der Waals surface area contributed by atoms with Crippen LogP contribution in [0.3, 0.4) is 0 Å². The quantitative estimate of drug-likeness (QED) is 0.335. The molecule has 10 heteroatoms. The van der Waals surface area contributed by atoms with Crippen molar-refractivity contribution in [3.8, 4) is 0 Å². The summed E-state index contributed by atoms with van der Waals surface area (Å²) < 4.78 is 10.3. The van der Waals surface area contributed by atoms with Gasteiger partial charge in [-0.1, -0.05) is 30.3 Å². The Hall–Kier alpha value is -2.98. The molecule has 1 aromatic rings. The summed E-state index contributed by atoms with van der Waals surface area (Å²) in [5.41, 5.74) is 0.866. The molecule has 2 aliphatic rings. The van der Waals surface area contributed by atoms with Gasteiger partial charge in [-0.15, -0.1) is 0 Å². The lowest BCUT2D eigenvalue weighted by molar-refractivity contribution is -0.164. The summed E-state index contributed by atoms with van der Waals surface area (Å²) in [4.78, 5) is 50.5. The Balaban J connectivity index is 1.59. The molecule has 0 saturated carbocycles. The topological polar surface area (TPSA) is 126 Å². The number of carbonyl (C=O) groups is 4. The first-order valence-electron chi connectivity index (χ1n) is 10.3. The summed E-state index contributed by atoms with van der Waals surface area (Å²) in [5.74, 6) is -1.78. The molecule has 2 saturated heterocycles. The second-order valence-corrected chi connectivity index (χ2v) is 7.54. The minimum Gasteiger partial charge on any atom is -0.439 e. The van der Waals surface area contributed by atoms with E-state index in [0.29, 0.717) is 19.8 Å². The first-order valence-corrected chi connectivity index (χ1v) is 10.3. The summed E-state index contributed by atoms with van der Waals surface area (Å²) in [5, 5.41) is 7.78. The molecule has 2 unspecified atom stereocenters. The lowest BCUT2D eigenvalue weighted by atomic mass is 10.0. The molecule has 0 aromatic heterocycles. The van der Waals surface area contributed by atoms with Gasteiger partial charge in [-0.2, -0.15) is 0 Å². The number of hydrogen-bond acceptors (Lipinski definition) is 7. The van der Waals surface area contributed by atoms with E-state index in [2.05, 4.69) is 20.9 Å². The van der Waals surface area contributed by atoms with E-state index in [1.165, 1.54) is 6.92 Å². The van der Waals surface area contributed by atoms with Gasteiger partial charge in [0.05, 0.1) is 13.2 Å². The van der Waals surface area contributed by atoms with E-state index >= 15 is 0 Å². The highest BCUT2D eigenvalue weighted by Crippen LogP contribution is 2.10. The summed E-state index contributed by atoms with van der Waals surface area (Å²) in [6, 6.07) is 7.42. The highest BCUT2D eigenvalue weighted by atomic mass is 16.6. The highest BCUT2D eigenvalue weighted by Gasteiger charge is 2.43. The number of morpholine rings is 1. The SMILES string of the molecule is CC(=O)OC1NC(=O)C1NC(=O)[C@H](Cc1ccccc1)NC(=O)CCN1CCOCC1. The third-order valence-corrected chi connectivity index (χ3v) is 5.15. The van der Waals surface area contributed by atoms with Crippen LogP contribution in [-0.4, -0.2) is 79.8 Å². The van der Waals surface area contributed by atoms with E-state index in [4.69, 9.17) is 9.47 Å². The molecule has 0 radical (unpaired) electrons. The van der Waals surface area contributed by atoms with E-state index in [1.807, 2.05) is 30.3 Å². The van der Waals surface area contributed by atoms with Crippen LogP contribution in [0, 0.1) is 0 Å². The van der Waals surface area contributed by atoms with Crippen molar-refractivity contribution in [3.63, 3.8) is 0 Å². The minimum absolute atomic E-state index is 0.249. The van der Waals surface area contributed by atoms with Crippen molar-refractivity contribution in [1.29, 1.82) is 0 Å². The van der Waals surface area contributed by atoms with Crippen molar-refractivity contribution in [2.24, 2.45) is 0 Å². The van der Waals surface area contributed by atoms with Crippen LogP contribution in [0.2, 0.25) is 0 Å². The molecule has 2 fully saturated rings. The molecular formula is C21H28N4O6. The number of esters is 1. The Bertz CT molecular complexity index is 796. The second kappa shape index (κ2) is 10.9. The smallest absolute Gasteiger partial charge is 0.304 e. The van der Waals surface area contributed by atoms with Crippen molar-refractivity contribution in [1.82, 2.24) is 20.9 Å². The monoisotopic (exact) mass is 432 g/mol. The molecule has 1 aromatic carbocycles. The van der Waals surface area contributed by atoms with Gasteiger partial charge in [0.2, 0.25) is 18.0 Å². The fourth-order valence-corrected chi connectivity index (χ4v) is 3.44. The van der Waals surface area contributed by atoms with E-state index in [-0.39, 0.29) is 18.7 Å². The molecule has 0 bridgehead atoms. The van der Waals surface area contributed by atoms with Crippen molar-refractivity contribution >= 4 is 23.7 Å². The highest BCUT2D eigenvalue weighted by molar-refractivity contribution is 5.96. The van der Waals surface area contributed by atoms with Gasteiger partial charge in [-0.3, -0.25) is 24.1 Å². The summed E-state index contributed by atoms with van der Waals surface area (Å²) in [6.45, 7) is 4.64. The largest absolute Gasteiger partial charge is 0.439 e. The first kappa shape index (κ1) is 22.7. The molecule has 168 valence electrons. The predicted molar refractivity (Wildman–Crippen MR) is 110 cm³/mol. The summed E-state index contributed by atoms with van der Waals surface area (Å²) in [7, 11) is 0. The molecule has 3 amide bonds. The van der Waals surface area contributed by atoms with Gasteiger partial charge in [0, 0.05) is 39.4 Å². The molecule has 2 heterocycles. The van der Waals surface area contributed by atoms with Crippen molar-refractivity contribution in [2.45, 2.75) is 38.1 Å². The molecule has 3 N–H and O–H groups in total. The van der Waals surface area contributed by atoms with Gasteiger partial charge < -0.3 is 25.4 Å². The van der Waals surface area contributed by atoms with E-state index < -0.39 is 36.1 Å². The van der Waals surface area contributed by atoms with Gasteiger partial charge in [0.15, 0.2) is 6.04 Å². The molecule has 0 aliphatic carbocycles.